The molecule has 36 heavy (non-hydrogen) atoms. The van der Waals surface area contributed by atoms with Gasteiger partial charge in [0.15, 0.2) is 27.3 Å². The maximum atomic E-state index is 13.2. The molecule has 1 aliphatic heterocycles. The van der Waals surface area contributed by atoms with E-state index in [0.29, 0.717) is 17.1 Å². The largest absolute Gasteiger partial charge is 0.480 e. The summed E-state index contributed by atoms with van der Waals surface area (Å²) in [6.45, 7) is 0.299. The molecule has 1 aromatic rings. The van der Waals surface area contributed by atoms with Crippen molar-refractivity contribution in [3.63, 3.8) is 0 Å². The van der Waals surface area contributed by atoms with Crippen molar-refractivity contribution < 1.29 is 32.6 Å². The van der Waals surface area contributed by atoms with Crippen LogP contribution in [0.3, 0.4) is 0 Å². The van der Waals surface area contributed by atoms with Crippen molar-refractivity contribution in [1.29, 1.82) is 5.41 Å². The number of ether oxygens (including phenoxy) is 2. The highest BCUT2D eigenvalue weighted by Crippen LogP contribution is 2.32. The molecule has 6 N–H and O–H groups in total. The highest BCUT2D eigenvalue weighted by atomic mass is 32.2. The van der Waals surface area contributed by atoms with Crippen molar-refractivity contribution in [2.75, 3.05) is 19.1 Å². The SMILES string of the molecule is N=C(N)NCCC[C@@H](C(=O)O)N(NCc1ccc2c(c1)OCO2)C(=O)CS(=O)(=O)C1=CC=CCC1=S. The molecule has 1 aliphatic carbocycles. The fourth-order valence-corrected chi connectivity index (χ4v) is 5.47. The van der Waals surface area contributed by atoms with E-state index in [1.54, 1.807) is 30.4 Å². The van der Waals surface area contributed by atoms with Gasteiger partial charge in [-0.1, -0.05) is 30.4 Å². The van der Waals surface area contributed by atoms with Crippen molar-refractivity contribution in [2.45, 2.75) is 31.8 Å². The van der Waals surface area contributed by atoms with E-state index in [-0.39, 0.29) is 54.9 Å². The maximum Gasteiger partial charge on any atom is 0.328 e. The highest BCUT2D eigenvalue weighted by molar-refractivity contribution is 7.98. The fraction of sp³-hybridized carbons (Fsp3) is 0.364. The number of amides is 1. The molecule has 1 aromatic carbocycles. The summed E-state index contributed by atoms with van der Waals surface area (Å²) in [4.78, 5) is 25.4. The number of nitrogens with one attached hydrogen (secondary N) is 3. The first kappa shape index (κ1) is 27.1. The van der Waals surface area contributed by atoms with E-state index >= 15 is 0 Å². The predicted octanol–water partition coefficient (Wildman–Crippen LogP) is 0.593. The Bertz CT molecular complexity index is 1210. The average molecular weight is 538 g/mol. The fourth-order valence-electron chi connectivity index (χ4n) is 3.59. The third-order valence-corrected chi connectivity index (χ3v) is 7.53. The van der Waals surface area contributed by atoms with E-state index in [1.807, 2.05) is 0 Å². The molecule has 0 saturated carbocycles. The molecular formula is C22H27N5O7S2. The van der Waals surface area contributed by atoms with Crippen LogP contribution < -0.4 is 25.9 Å². The second-order valence-electron chi connectivity index (χ2n) is 7.97. The molecule has 0 aromatic heterocycles. The predicted molar refractivity (Wildman–Crippen MR) is 135 cm³/mol. The minimum Gasteiger partial charge on any atom is -0.480 e. The number of nitrogens with zero attached hydrogens (tertiary/aromatic N) is 1. The molecule has 12 nitrogen and oxygen atoms in total. The molecule has 1 atom stereocenters. The van der Waals surface area contributed by atoms with E-state index in [9.17, 15) is 23.1 Å². The van der Waals surface area contributed by atoms with Gasteiger partial charge in [0.25, 0.3) is 5.91 Å². The van der Waals surface area contributed by atoms with Crippen LogP contribution in [0, 0.1) is 5.41 Å². The van der Waals surface area contributed by atoms with E-state index in [0.717, 1.165) is 5.01 Å². The Hall–Kier alpha value is -3.49. The molecule has 0 fully saturated rings. The summed E-state index contributed by atoms with van der Waals surface area (Å²) in [5, 5.41) is 20.5. The number of rotatable bonds is 12. The van der Waals surface area contributed by atoms with Crippen LogP contribution in [0.15, 0.2) is 41.3 Å². The lowest BCUT2D eigenvalue weighted by Crippen LogP contribution is -2.54. The molecule has 3 rings (SSSR count). The van der Waals surface area contributed by atoms with Crippen LogP contribution in [0.4, 0.5) is 0 Å². The first-order valence-electron chi connectivity index (χ1n) is 11.0. The molecule has 0 saturated heterocycles. The van der Waals surface area contributed by atoms with E-state index in [2.05, 4.69) is 10.7 Å². The van der Waals surface area contributed by atoms with Gasteiger partial charge in [-0.15, -0.1) is 0 Å². The molecule has 0 bridgehead atoms. The quantitative estimate of drug-likeness (QED) is 0.0826. The van der Waals surface area contributed by atoms with Gasteiger partial charge in [-0.2, -0.15) is 0 Å². The number of guanidine groups is 1. The number of carboxylic acid groups (broad SMARTS) is 1. The Morgan fingerprint density at radius 2 is 2.03 bits per heavy atom. The van der Waals surface area contributed by atoms with Crippen LogP contribution in [0.1, 0.15) is 24.8 Å². The number of carboxylic acids is 1. The number of aliphatic carboxylic acids is 1. The summed E-state index contributed by atoms with van der Waals surface area (Å²) in [6.07, 6.45) is 5.07. The van der Waals surface area contributed by atoms with Gasteiger partial charge in [-0.3, -0.25) is 15.2 Å². The molecule has 0 spiro atoms. The minimum atomic E-state index is -4.11. The van der Waals surface area contributed by atoms with E-state index < -0.39 is 33.5 Å². The van der Waals surface area contributed by atoms with Gasteiger partial charge in [0.2, 0.25) is 6.79 Å². The summed E-state index contributed by atoms with van der Waals surface area (Å²) in [5.41, 5.74) is 8.69. The van der Waals surface area contributed by atoms with Crippen LogP contribution in [0.2, 0.25) is 0 Å². The zero-order valence-corrected chi connectivity index (χ0v) is 20.9. The number of hydrogen-bond acceptors (Lipinski definition) is 9. The second kappa shape index (κ2) is 12.0. The monoisotopic (exact) mass is 537 g/mol. The summed E-state index contributed by atoms with van der Waals surface area (Å²) in [7, 11) is -4.11. The molecule has 194 valence electrons. The van der Waals surface area contributed by atoms with Crippen molar-refractivity contribution in [3.05, 3.63) is 46.9 Å². The molecule has 0 radical (unpaired) electrons. The lowest BCUT2D eigenvalue weighted by atomic mass is 10.1. The van der Waals surface area contributed by atoms with Crippen LogP contribution in [0.5, 0.6) is 11.5 Å². The third kappa shape index (κ3) is 7.02. The van der Waals surface area contributed by atoms with Crippen LogP contribution in [0.25, 0.3) is 0 Å². The number of nitrogens with two attached hydrogens (primary N) is 1. The number of benzene rings is 1. The Labute approximate surface area is 213 Å². The highest BCUT2D eigenvalue weighted by Gasteiger charge is 2.34. The first-order chi connectivity index (χ1) is 17.1. The average Bonchev–Trinajstić information content (AvgIpc) is 3.28. The first-order valence-corrected chi connectivity index (χ1v) is 13.0. The Kier molecular flexibility index (Phi) is 9.01. The standard InChI is InChI=1S/C22H27N5O7S2/c23-22(24)25-9-3-4-15(21(29)30)27(26-11-14-7-8-16-17(10-14)34-13-33-16)20(28)12-36(31,32)19-6-2-1-5-18(19)35/h1-2,6-8,10,15,26H,3-5,9,11-13H2,(H,29,30)(H4,23,24,25)/t15-/m0/s1. The summed E-state index contributed by atoms with van der Waals surface area (Å²) in [5.74, 6) is -2.43. The molecule has 2 aliphatic rings. The smallest absolute Gasteiger partial charge is 0.328 e. The zero-order chi connectivity index (χ0) is 26.3. The van der Waals surface area contributed by atoms with Gasteiger partial charge in [-0.25, -0.2) is 18.6 Å². The summed E-state index contributed by atoms with van der Waals surface area (Å²) in [6, 6.07) is 3.69. The van der Waals surface area contributed by atoms with Gasteiger partial charge in [0.05, 0.1) is 4.91 Å². The second-order valence-corrected chi connectivity index (χ2v) is 10.4. The Morgan fingerprint density at radius 3 is 2.72 bits per heavy atom. The summed E-state index contributed by atoms with van der Waals surface area (Å²) < 4.78 is 36.5. The minimum absolute atomic E-state index is 0.0156. The van der Waals surface area contributed by atoms with Crippen LogP contribution in [-0.2, 0) is 26.0 Å². The number of thiocarbonyl (C=S) groups is 1. The number of carbonyl (C=O) groups excluding carboxylic acids is 1. The van der Waals surface area contributed by atoms with Crippen molar-refractivity contribution in [3.8, 4) is 11.5 Å². The number of fused-ring (bicyclic) bond motifs is 1. The number of sulfone groups is 1. The normalized spacial score (nSPS) is 15.2. The number of allylic oxidation sites excluding steroid dienone is 4. The molecular weight excluding hydrogens is 510 g/mol. The zero-order valence-electron chi connectivity index (χ0n) is 19.2. The van der Waals surface area contributed by atoms with Gasteiger partial charge in [-0.05, 0) is 36.6 Å². The van der Waals surface area contributed by atoms with Crippen molar-refractivity contribution in [1.82, 2.24) is 15.8 Å². The molecule has 1 amide bonds. The number of carbonyl (C=O) groups is 2. The van der Waals surface area contributed by atoms with Crippen molar-refractivity contribution in [2.24, 2.45) is 5.73 Å². The van der Waals surface area contributed by atoms with Crippen LogP contribution in [-0.4, -0.2) is 66.4 Å². The molecule has 14 heteroatoms. The van der Waals surface area contributed by atoms with Gasteiger partial charge in [0, 0.05) is 24.4 Å². The topological polar surface area (TPSA) is 184 Å². The molecule has 1 heterocycles. The maximum absolute atomic E-state index is 13.2. The Balaban J connectivity index is 1.80. The third-order valence-electron chi connectivity index (χ3n) is 5.34. The van der Waals surface area contributed by atoms with Gasteiger partial charge in [0.1, 0.15) is 11.8 Å². The van der Waals surface area contributed by atoms with Gasteiger partial charge < -0.3 is 25.6 Å². The lowest BCUT2D eigenvalue weighted by Gasteiger charge is -2.30. The van der Waals surface area contributed by atoms with Crippen molar-refractivity contribution >= 4 is 44.8 Å². The Morgan fingerprint density at radius 1 is 1.28 bits per heavy atom. The van der Waals surface area contributed by atoms with Crippen LogP contribution >= 0.6 is 12.2 Å². The molecule has 0 unspecified atom stereocenters. The van der Waals surface area contributed by atoms with E-state index in [1.165, 1.54) is 6.08 Å². The lowest BCUT2D eigenvalue weighted by molar-refractivity contribution is -0.152. The van der Waals surface area contributed by atoms with E-state index in [4.69, 9.17) is 32.8 Å². The summed E-state index contributed by atoms with van der Waals surface area (Å²) >= 11 is 5.14. The van der Waals surface area contributed by atoms with Gasteiger partial charge >= 0.3 is 5.97 Å². The number of hydrazine groups is 1. The number of hydrogen-bond donors (Lipinski definition) is 5.